The molecule has 1 aliphatic heterocycles. The molecular weight excluding hydrogens is 395 g/mol. The van der Waals surface area contributed by atoms with E-state index in [-0.39, 0.29) is 17.6 Å². The van der Waals surface area contributed by atoms with Crippen LogP contribution in [0.25, 0.3) is 0 Å². The van der Waals surface area contributed by atoms with Crippen molar-refractivity contribution in [2.24, 2.45) is 5.73 Å². The van der Waals surface area contributed by atoms with Crippen LogP contribution >= 0.6 is 0 Å². The van der Waals surface area contributed by atoms with Gasteiger partial charge in [0.15, 0.2) is 0 Å². The van der Waals surface area contributed by atoms with Crippen LogP contribution in [-0.2, 0) is 0 Å². The summed E-state index contributed by atoms with van der Waals surface area (Å²) in [5, 5.41) is 0. The molecule has 5 nitrogen and oxygen atoms in total. The van der Waals surface area contributed by atoms with E-state index in [0.717, 1.165) is 18.4 Å². The average Bonchev–Trinajstić information content (AvgIpc) is 2.79. The number of carbonyl (C=O) groups is 2. The quantitative estimate of drug-likeness (QED) is 0.651. The molecule has 0 saturated carbocycles. The predicted octanol–water partition coefficient (Wildman–Crippen LogP) is 4.74. The third kappa shape index (κ3) is 4.91. The van der Waals surface area contributed by atoms with Gasteiger partial charge in [0.2, 0.25) is 5.91 Å². The van der Waals surface area contributed by atoms with Crippen molar-refractivity contribution in [1.29, 1.82) is 0 Å². The maximum atomic E-state index is 13.5. The number of likely N-dealkylation sites (tertiary alicyclic amines) is 1. The van der Waals surface area contributed by atoms with Gasteiger partial charge in [-0.15, -0.1) is 0 Å². The van der Waals surface area contributed by atoms with Gasteiger partial charge in [-0.05, 0) is 78.9 Å². The second kappa shape index (κ2) is 9.00. The second-order valence-corrected chi connectivity index (χ2v) is 7.64. The fraction of sp³-hybridized carbons (Fsp3) is 0.200. The fourth-order valence-corrected chi connectivity index (χ4v) is 3.87. The molecule has 0 bridgehead atoms. The Bertz CT molecular complexity index is 1090. The van der Waals surface area contributed by atoms with E-state index in [2.05, 4.69) is 0 Å². The summed E-state index contributed by atoms with van der Waals surface area (Å²) in [6, 6.07) is 20.2. The number of nitrogens with zero attached hydrogens (tertiary/aromatic N) is 1. The number of amides is 2. The first-order chi connectivity index (χ1) is 15.0. The molecule has 2 amide bonds. The molecule has 0 aromatic heterocycles. The zero-order valence-corrected chi connectivity index (χ0v) is 17.0. The van der Waals surface area contributed by atoms with Gasteiger partial charge >= 0.3 is 0 Å². The van der Waals surface area contributed by atoms with Crippen LogP contribution in [0.1, 0.15) is 45.0 Å². The Kier molecular flexibility index (Phi) is 5.98. The van der Waals surface area contributed by atoms with Gasteiger partial charge in [0.25, 0.3) is 5.91 Å². The lowest BCUT2D eigenvalue weighted by Crippen LogP contribution is -2.37. The minimum absolute atomic E-state index is 0.0489. The van der Waals surface area contributed by atoms with Gasteiger partial charge in [-0.2, -0.15) is 0 Å². The number of primary amides is 1. The van der Waals surface area contributed by atoms with Crippen LogP contribution < -0.4 is 10.5 Å². The first-order valence-electron chi connectivity index (χ1n) is 10.2. The highest BCUT2D eigenvalue weighted by Gasteiger charge is 2.25. The second-order valence-electron chi connectivity index (χ2n) is 7.64. The number of hydrogen-bond donors (Lipinski definition) is 1. The topological polar surface area (TPSA) is 72.6 Å². The SMILES string of the molecule is NC(=O)c1ccc(Oc2cccc(C(=O)N3CCC(c4cccc(F)c4)CC3)c2)cc1. The van der Waals surface area contributed by atoms with E-state index in [1.807, 2.05) is 11.0 Å². The summed E-state index contributed by atoms with van der Waals surface area (Å²) < 4.78 is 19.3. The van der Waals surface area contributed by atoms with Crippen LogP contribution in [0.3, 0.4) is 0 Å². The van der Waals surface area contributed by atoms with E-state index < -0.39 is 5.91 Å². The molecule has 4 rings (SSSR count). The summed E-state index contributed by atoms with van der Waals surface area (Å²) in [5.74, 6) is 0.570. The van der Waals surface area contributed by atoms with Gasteiger partial charge in [0.1, 0.15) is 17.3 Å². The van der Waals surface area contributed by atoms with Gasteiger partial charge in [-0.1, -0.05) is 18.2 Å². The molecule has 1 saturated heterocycles. The minimum Gasteiger partial charge on any atom is -0.457 e. The first-order valence-corrected chi connectivity index (χ1v) is 10.2. The van der Waals surface area contributed by atoms with E-state index in [1.165, 1.54) is 6.07 Å². The number of ether oxygens (including phenoxy) is 1. The molecule has 1 fully saturated rings. The number of hydrogen-bond acceptors (Lipinski definition) is 3. The molecule has 158 valence electrons. The van der Waals surface area contributed by atoms with Crippen molar-refractivity contribution < 1.29 is 18.7 Å². The Labute approximate surface area is 180 Å². The Morgan fingerprint density at radius 3 is 2.26 bits per heavy atom. The summed E-state index contributed by atoms with van der Waals surface area (Å²) in [4.78, 5) is 26.0. The zero-order valence-electron chi connectivity index (χ0n) is 17.0. The Balaban J connectivity index is 1.40. The molecule has 6 heteroatoms. The minimum atomic E-state index is -0.500. The van der Waals surface area contributed by atoms with Crippen molar-refractivity contribution in [2.45, 2.75) is 18.8 Å². The van der Waals surface area contributed by atoms with E-state index >= 15 is 0 Å². The van der Waals surface area contributed by atoms with Crippen LogP contribution in [-0.4, -0.2) is 29.8 Å². The summed E-state index contributed by atoms with van der Waals surface area (Å²) >= 11 is 0. The standard InChI is InChI=1S/C25H23FN2O3/c26-21-5-1-3-19(15-21)17-11-13-28(14-12-17)25(30)20-4-2-6-23(16-20)31-22-9-7-18(8-10-22)24(27)29/h1-10,15-17H,11-14H2,(H2,27,29). The van der Waals surface area contributed by atoms with Crippen molar-refractivity contribution in [3.63, 3.8) is 0 Å². The molecule has 0 aliphatic carbocycles. The number of piperidine rings is 1. The number of benzene rings is 3. The van der Waals surface area contributed by atoms with Crippen molar-refractivity contribution in [2.75, 3.05) is 13.1 Å². The van der Waals surface area contributed by atoms with E-state index in [1.54, 1.807) is 60.7 Å². The highest BCUT2D eigenvalue weighted by atomic mass is 19.1. The van der Waals surface area contributed by atoms with E-state index in [4.69, 9.17) is 10.5 Å². The molecule has 2 N–H and O–H groups in total. The lowest BCUT2D eigenvalue weighted by Gasteiger charge is -2.32. The van der Waals surface area contributed by atoms with Crippen LogP contribution in [0.5, 0.6) is 11.5 Å². The largest absolute Gasteiger partial charge is 0.457 e. The molecule has 3 aromatic carbocycles. The molecule has 3 aromatic rings. The zero-order chi connectivity index (χ0) is 21.8. The van der Waals surface area contributed by atoms with Crippen molar-refractivity contribution in [3.8, 4) is 11.5 Å². The molecule has 0 spiro atoms. The van der Waals surface area contributed by atoms with Crippen molar-refractivity contribution >= 4 is 11.8 Å². The Morgan fingerprint density at radius 1 is 0.871 bits per heavy atom. The van der Waals surface area contributed by atoms with Gasteiger partial charge in [0, 0.05) is 24.2 Å². The Morgan fingerprint density at radius 2 is 1.58 bits per heavy atom. The molecule has 1 aliphatic rings. The maximum Gasteiger partial charge on any atom is 0.253 e. The van der Waals surface area contributed by atoms with Gasteiger partial charge in [0.05, 0.1) is 0 Å². The van der Waals surface area contributed by atoms with E-state index in [0.29, 0.717) is 35.7 Å². The fourth-order valence-electron chi connectivity index (χ4n) is 3.87. The normalized spacial score (nSPS) is 14.3. The number of rotatable bonds is 5. The number of nitrogens with two attached hydrogens (primary N) is 1. The third-order valence-electron chi connectivity index (χ3n) is 5.56. The van der Waals surface area contributed by atoms with Crippen LogP contribution in [0, 0.1) is 5.82 Å². The summed E-state index contributed by atoms with van der Waals surface area (Å²) in [6.45, 7) is 1.25. The highest BCUT2D eigenvalue weighted by molar-refractivity contribution is 5.94. The molecule has 0 unspecified atom stereocenters. The number of halogens is 1. The summed E-state index contributed by atoms with van der Waals surface area (Å²) in [6.07, 6.45) is 1.61. The smallest absolute Gasteiger partial charge is 0.253 e. The molecular formula is C25H23FN2O3. The van der Waals surface area contributed by atoms with Gasteiger partial charge < -0.3 is 15.4 Å². The van der Waals surface area contributed by atoms with Crippen LogP contribution in [0.4, 0.5) is 4.39 Å². The first kappa shape index (κ1) is 20.6. The number of carbonyl (C=O) groups excluding carboxylic acids is 2. The van der Waals surface area contributed by atoms with E-state index in [9.17, 15) is 14.0 Å². The Hall–Kier alpha value is -3.67. The third-order valence-corrected chi connectivity index (χ3v) is 5.56. The van der Waals surface area contributed by atoms with Crippen LogP contribution in [0.15, 0.2) is 72.8 Å². The van der Waals surface area contributed by atoms with Crippen molar-refractivity contribution in [1.82, 2.24) is 4.90 Å². The van der Waals surface area contributed by atoms with Crippen LogP contribution in [0.2, 0.25) is 0 Å². The van der Waals surface area contributed by atoms with Gasteiger partial charge in [-0.25, -0.2) is 4.39 Å². The van der Waals surface area contributed by atoms with Crippen molar-refractivity contribution in [3.05, 3.63) is 95.3 Å². The summed E-state index contributed by atoms with van der Waals surface area (Å²) in [7, 11) is 0. The molecule has 0 radical (unpaired) electrons. The lowest BCUT2D eigenvalue weighted by molar-refractivity contribution is 0.0712. The molecule has 31 heavy (non-hydrogen) atoms. The lowest BCUT2D eigenvalue weighted by atomic mass is 9.89. The summed E-state index contributed by atoms with van der Waals surface area (Å²) in [5.41, 5.74) is 7.19. The molecule has 1 heterocycles. The monoisotopic (exact) mass is 418 g/mol. The average molecular weight is 418 g/mol. The maximum absolute atomic E-state index is 13.5. The molecule has 0 atom stereocenters. The van der Waals surface area contributed by atoms with Gasteiger partial charge in [-0.3, -0.25) is 9.59 Å². The highest BCUT2D eigenvalue weighted by Crippen LogP contribution is 2.30. The predicted molar refractivity (Wildman–Crippen MR) is 116 cm³/mol.